The molecule has 226 valence electrons. The summed E-state index contributed by atoms with van der Waals surface area (Å²) in [6, 6.07) is 14.3. The number of aliphatic carboxylic acids is 2. The summed E-state index contributed by atoms with van der Waals surface area (Å²) in [6.45, 7) is 2.87. The molecule has 0 aliphatic carbocycles. The molecule has 3 aromatic carbocycles. The molecule has 0 spiro atoms. The first kappa shape index (κ1) is 32.6. The van der Waals surface area contributed by atoms with Crippen LogP contribution in [0.3, 0.4) is 0 Å². The SMILES string of the molecule is C[C@H](N)C(=O)N(c1ccc(C[C@H](N)C(=O)O)cc1)c1c(C(=O)O)cccc1C(=O)[C@H](C)NC(Cc1ccccc1)C(=O)O. The van der Waals surface area contributed by atoms with E-state index >= 15 is 0 Å². The van der Waals surface area contributed by atoms with Gasteiger partial charge >= 0.3 is 17.9 Å². The highest BCUT2D eigenvalue weighted by Crippen LogP contribution is 2.34. The minimum Gasteiger partial charge on any atom is -0.480 e. The smallest absolute Gasteiger partial charge is 0.337 e. The van der Waals surface area contributed by atoms with Gasteiger partial charge in [-0.05, 0) is 62.1 Å². The van der Waals surface area contributed by atoms with Crippen LogP contribution in [0.15, 0.2) is 72.8 Å². The molecule has 12 heteroatoms. The summed E-state index contributed by atoms with van der Waals surface area (Å²) in [5.41, 5.74) is 12.3. The molecule has 0 aliphatic heterocycles. The largest absolute Gasteiger partial charge is 0.480 e. The number of nitrogens with two attached hydrogens (primary N) is 2. The van der Waals surface area contributed by atoms with Crippen LogP contribution >= 0.6 is 0 Å². The van der Waals surface area contributed by atoms with Gasteiger partial charge in [0.1, 0.15) is 12.1 Å². The van der Waals surface area contributed by atoms with Crippen LogP contribution in [0.4, 0.5) is 11.4 Å². The predicted octanol–water partition coefficient (Wildman–Crippen LogP) is 2.21. The number of ketones is 1. The number of nitrogens with one attached hydrogen (secondary N) is 1. The Bertz CT molecular complexity index is 1490. The molecule has 0 aliphatic rings. The topological polar surface area (TPSA) is 213 Å². The Morgan fingerprint density at radius 2 is 1.33 bits per heavy atom. The summed E-state index contributed by atoms with van der Waals surface area (Å²) in [7, 11) is 0. The standard InChI is InChI=1S/C31H34N4O8/c1-17(32)28(37)35(21-13-11-20(12-14-21)15-24(33)30(40)41)26-22(9-6-10-23(26)29(38)39)27(36)18(2)34-25(31(42)43)16-19-7-4-3-5-8-19/h3-14,17-18,24-25,34H,15-16,32-33H2,1-2H3,(H,38,39)(H,40,41)(H,42,43)/t17-,18-,24-,25?/m0/s1. The second-order valence-corrected chi connectivity index (χ2v) is 10.1. The molecular formula is C31H34N4O8. The molecule has 1 unspecified atom stereocenters. The molecule has 4 atom stereocenters. The lowest BCUT2D eigenvalue weighted by Gasteiger charge is -2.29. The third-order valence-corrected chi connectivity index (χ3v) is 6.76. The number of para-hydroxylation sites is 1. The van der Waals surface area contributed by atoms with Crippen LogP contribution in [0, 0.1) is 0 Å². The van der Waals surface area contributed by atoms with Crippen molar-refractivity contribution in [3.63, 3.8) is 0 Å². The van der Waals surface area contributed by atoms with Crippen LogP contribution in [-0.4, -0.2) is 69.1 Å². The average molecular weight is 591 g/mol. The predicted molar refractivity (Wildman–Crippen MR) is 158 cm³/mol. The summed E-state index contributed by atoms with van der Waals surface area (Å²) >= 11 is 0. The number of carboxylic acid groups (broad SMARTS) is 3. The van der Waals surface area contributed by atoms with E-state index in [1.165, 1.54) is 56.3 Å². The van der Waals surface area contributed by atoms with Crippen LogP contribution in [-0.2, 0) is 27.2 Å². The molecule has 8 N–H and O–H groups in total. The Morgan fingerprint density at radius 1 is 0.744 bits per heavy atom. The van der Waals surface area contributed by atoms with E-state index in [4.69, 9.17) is 16.6 Å². The Hall–Kier alpha value is -4.91. The average Bonchev–Trinajstić information content (AvgIpc) is 2.97. The highest BCUT2D eigenvalue weighted by molar-refractivity contribution is 6.16. The number of carbonyl (C=O) groups excluding carboxylic acids is 2. The highest BCUT2D eigenvalue weighted by Gasteiger charge is 2.33. The van der Waals surface area contributed by atoms with Gasteiger partial charge in [0.25, 0.3) is 0 Å². The molecule has 12 nitrogen and oxygen atoms in total. The summed E-state index contributed by atoms with van der Waals surface area (Å²) in [5.74, 6) is -5.15. The van der Waals surface area contributed by atoms with E-state index in [9.17, 15) is 34.2 Å². The molecule has 1 amide bonds. The van der Waals surface area contributed by atoms with E-state index in [2.05, 4.69) is 5.32 Å². The van der Waals surface area contributed by atoms with Crippen LogP contribution in [0.5, 0.6) is 0 Å². The Morgan fingerprint density at radius 3 is 1.86 bits per heavy atom. The number of amides is 1. The quantitative estimate of drug-likeness (QED) is 0.150. The number of rotatable bonds is 14. The fourth-order valence-corrected chi connectivity index (χ4v) is 4.53. The summed E-state index contributed by atoms with van der Waals surface area (Å²) in [6.07, 6.45) is 0.0895. The molecule has 0 aromatic heterocycles. The van der Waals surface area contributed by atoms with Crippen LogP contribution < -0.4 is 21.7 Å². The van der Waals surface area contributed by atoms with Gasteiger partial charge in [-0.15, -0.1) is 0 Å². The molecule has 0 saturated heterocycles. The summed E-state index contributed by atoms with van der Waals surface area (Å²) < 4.78 is 0. The molecule has 0 radical (unpaired) electrons. The fourth-order valence-electron chi connectivity index (χ4n) is 4.53. The maximum Gasteiger partial charge on any atom is 0.337 e. The highest BCUT2D eigenvalue weighted by atomic mass is 16.4. The lowest BCUT2D eigenvalue weighted by Crippen LogP contribution is -2.47. The number of aromatic carboxylic acids is 1. The van der Waals surface area contributed by atoms with Gasteiger partial charge in [-0.1, -0.05) is 48.5 Å². The third kappa shape index (κ3) is 8.10. The first-order valence-corrected chi connectivity index (χ1v) is 13.4. The number of carboxylic acids is 3. The maximum atomic E-state index is 13.8. The number of hydrogen-bond acceptors (Lipinski definition) is 8. The van der Waals surface area contributed by atoms with Gasteiger partial charge in [0.05, 0.1) is 23.3 Å². The number of carbonyl (C=O) groups is 5. The zero-order chi connectivity index (χ0) is 31.8. The second-order valence-electron chi connectivity index (χ2n) is 10.1. The van der Waals surface area contributed by atoms with E-state index in [1.54, 1.807) is 30.3 Å². The first-order chi connectivity index (χ1) is 20.3. The van der Waals surface area contributed by atoms with Gasteiger partial charge in [-0.25, -0.2) is 4.79 Å². The lowest BCUT2D eigenvalue weighted by atomic mass is 9.96. The van der Waals surface area contributed by atoms with Crippen LogP contribution in [0.2, 0.25) is 0 Å². The van der Waals surface area contributed by atoms with Crippen molar-refractivity contribution in [2.24, 2.45) is 11.5 Å². The van der Waals surface area contributed by atoms with E-state index in [-0.39, 0.29) is 35.3 Å². The van der Waals surface area contributed by atoms with E-state index in [0.717, 1.165) is 10.5 Å². The minimum atomic E-state index is -1.41. The molecule has 0 fully saturated rings. The Kier molecular flexibility index (Phi) is 10.9. The maximum absolute atomic E-state index is 13.8. The van der Waals surface area contributed by atoms with Gasteiger partial charge in [0, 0.05) is 11.3 Å². The molecule has 3 aromatic rings. The normalized spacial score (nSPS) is 13.8. The lowest BCUT2D eigenvalue weighted by molar-refractivity contribution is -0.140. The molecular weight excluding hydrogens is 556 g/mol. The van der Waals surface area contributed by atoms with Crippen molar-refractivity contribution in [1.29, 1.82) is 0 Å². The van der Waals surface area contributed by atoms with Gasteiger partial charge < -0.3 is 26.8 Å². The molecule has 3 rings (SSSR count). The summed E-state index contributed by atoms with van der Waals surface area (Å²) in [4.78, 5) is 63.9. The van der Waals surface area contributed by atoms with E-state index < -0.39 is 53.8 Å². The zero-order valence-corrected chi connectivity index (χ0v) is 23.6. The Balaban J connectivity index is 2.07. The zero-order valence-electron chi connectivity index (χ0n) is 23.6. The minimum absolute atomic E-state index is 0.00318. The van der Waals surface area contributed by atoms with Crippen molar-refractivity contribution in [1.82, 2.24) is 5.32 Å². The number of hydrogen-bond donors (Lipinski definition) is 6. The third-order valence-electron chi connectivity index (χ3n) is 6.76. The first-order valence-electron chi connectivity index (χ1n) is 13.4. The molecule has 0 bridgehead atoms. The van der Waals surface area contributed by atoms with Gasteiger partial charge in [0.15, 0.2) is 5.78 Å². The molecule has 0 saturated carbocycles. The molecule has 0 heterocycles. The number of anilines is 2. The van der Waals surface area contributed by atoms with Crippen LogP contribution in [0.1, 0.15) is 45.7 Å². The summed E-state index contributed by atoms with van der Waals surface area (Å²) in [5, 5.41) is 31.8. The van der Waals surface area contributed by atoms with Crippen molar-refractivity contribution in [2.75, 3.05) is 4.90 Å². The van der Waals surface area contributed by atoms with Gasteiger partial charge in [-0.2, -0.15) is 0 Å². The monoisotopic (exact) mass is 590 g/mol. The van der Waals surface area contributed by atoms with E-state index in [1.807, 2.05) is 0 Å². The van der Waals surface area contributed by atoms with E-state index in [0.29, 0.717) is 5.56 Å². The second kappa shape index (κ2) is 14.3. The number of benzene rings is 3. The van der Waals surface area contributed by atoms with Crippen molar-refractivity contribution < 1.29 is 39.3 Å². The van der Waals surface area contributed by atoms with Crippen LogP contribution in [0.25, 0.3) is 0 Å². The van der Waals surface area contributed by atoms with Crippen molar-refractivity contribution >= 4 is 41.0 Å². The molecule has 43 heavy (non-hydrogen) atoms. The number of Topliss-reactive ketones (excluding diaryl/α,β-unsaturated/α-hetero) is 1. The van der Waals surface area contributed by atoms with Gasteiger partial charge in [0.2, 0.25) is 5.91 Å². The van der Waals surface area contributed by atoms with Crippen molar-refractivity contribution in [3.8, 4) is 0 Å². The van der Waals surface area contributed by atoms with Crippen molar-refractivity contribution in [2.45, 2.75) is 50.9 Å². The Labute approximate surface area is 247 Å². The van der Waals surface area contributed by atoms with Gasteiger partial charge in [-0.3, -0.25) is 29.4 Å². The number of nitrogens with zero attached hydrogens (tertiary/aromatic N) is 1. The van der Waals surface area contributed by atoms with Crippen molar-refractivity contribution in [3.05, 3.63) is 95.1 Å². The fraction of sp³-hybridized carbons (Fsp3) is 0.258.